The van der Waals surface area contributed by atoms with Gasteiger partial charge in [0.1, 0.15) is 6.54 Å². The molecule has 0 fully saturated rings. The minimum atomic E-state index is -3.64. The topological polar surface area (TPSA) is 66.5 Å². The third-order valence-electron chi connectivity index (χ3n) is 2.24. The van der Waals surface area contributed by atoms with Gasteiger partial charge in [0.2, 0.25) is 15.9 Å². The number of rotatable bonds is 5. The van der Waals surface area contributed by atoms with Gasteiger partial charge in [-0.2, -0.15) is 0 Å². The third kappa shape index (κ3) is 4.56. The second-order valence-electron chi connectivity index (χ2n) is 3.82. The molecule has 19 heavy (non-hydrogen) atoms. The van der Waals surface area contributed by atoms with Crippen molar-refractivity contribution in [3.8, 4) is 0 Å². The molecule has 1 N–H and O–H groups in total. The van der Waals surface area contributed by atoms with E-state index in [-0.39, 0.29) is 17.3 Å². The minimum Gasteiger partial charge on any atom is -0.355 e. The fourth-order valence-corrected chi connectivity index (χ4v) is 2.74. The van der Waals surface area contributed by atoms with Crippen LogP contribution in [0.1, 0.15) is 6.92 Å². The lowest BCUT2D eigenvalue weighted by Crippen LogP contribution is -2.40. The molecule has 0 atom stereocenters. The van der Waals surface area contributed by atoms with Crippen LogP contribution in [0, 0.1) is 0 Å². The van der Waals surface area contributed by atoms with Crippen LogP contribution >= 0.6 is 23.2 Å². The van der Waals surface area contributed by atoms with Gasteiger partial charge in [-0.1, -0.05) is 23.2 Å². The largest absolute Gasteiger partial charge is 0.355 e. The number of anilines is 1. The molecule has 0 radical (unpaired) electrons. The SMILES string of the molecule is CCNC(=O)CN(c1cc(Cl)ccc1Cl)S(C)(=O)=O. The summed E-state index contributed by atoms with van der Waals surface area (Å²) in [7, 11) is -3.64. The van der Waals surface area contributed by atoms with Crippen molar-refractivity contribution in [2.24, 2.45) is 0 Å². The van der Waals surface area contributed by atoms with E-state index in [1.807, 2.05) is 0 Å². The van der Waals surface area contributed by atoms with E-state index in [0.29, 0.717) is 11.6 Å². The zero-order valence-electron chi connectivity index (χ0n) is 10.5. The van der Waals surface area contributed by atoms with Gasteiger partial charge in [-0.05, 0) is 25.1 Å². The average molecular weight is 325 g/mol. The van der Waals surface area contributed by atoms with Crippen LogP contribution in [0.5, 0.6) is 0 Å². The number of nitrogens with one attached hydrogen (secondary N) is 1. The Kier molecular flexibility index (Phi) is 5.46. The van der Waals surface area contributed by atoms with Crippen molar-refractivity contribution in [3.63, 3.8) is 0 Å². The number of carbonyl (C=O) groups excluding carboxylic acids is 1. The van der Waals surface area contributed by atoms with E-state index < -0.39 is 15.9 Å². The molecule has 1 aromatic carbocycles. The van der Waals surface area contributed by atoms with Gasteiger partial charge >= 0.3 is 0 Å². The second-order valence-corrected chi connectivity index (χ2v) is 6.57. The number of hydrogen-bond donors (Lipinski definition) is 1. The molecule has 0 bridgehead atoms. The Balaban J connectivity index is 3.18. The molecule has 1 amide bonds. The fraction of sp³-hybridized carbons (Fsp3) is 0.364. The first-order valence-corrected chi connectivity index (χ1v) is 8.05. The summed E-state index contributed by atoms with van der Waals surface area (Å²) in [6.07, 6.45) is 1.00. The van der Waals surface area contributed by atoms with E-state index in [1.54, 1.807) is 13.0 Å². The number of amides is 1. The lowest BCUT2D eigenvalue weighted by atomic mass is 10.3. The Bertz CT molecular complexity index is 575. The van der Waals surface area contributed by atoms with Crippen LogP contribution in [0.25, 0.3) is 0 Å². The first-order chi connectivity index (χ1) is 8.75. The van der Waals surface area contributed by atoms with Crippen molar-refractivity contribution in [1.82, 2.24) is 5.32 Å². The molecule has 0 spiro atoms. The maximum Gasteiger partial charge on any atom is 0.240 e. The molecule has 0 aliphatic rings. The first kappa shape index (κ1) is 16.1. The normalized spacial score (nSPS) is 11.2. The molecule has 0 saturated carbocycles. The summed E-state index contributed by atoms with van der Waals surface area (Å²) in [4.78, 5) is 11.6. The third-order valence-corrected chi connectivity index (χ3v) is 3.92. The van der Waals surface area contributed by atoms with Crippen LogP contribution in [0.2, 0.25) is 10.0 Å². The molecular formula is C11H14Cl2N2O3S. The molecular weight excluding hydrogens is 311 g/mol. The Hall–Kier alpha value is -0.980. The predicted octanol–water partition coefficient (Wildman–Crippen LogP) is 1.90. The van der Waals surface area contributed by atoms with Gasteiger partial charge in [-0.3, -0.25) is 9.10 Å². The number of nitrogens with zero attached hydrogens (tertiary/aromatic N) is 1. The molecule has 0 saturated heterocycles. The number of hydrogen-bond acceptors (Lipinski definition) is 3. The maximum absolute atomic E-state index is 11.8. The minimum absolute atomic E-state index is 0.183. The highest BCUT2D eigenvalue weighted by atomic mass is 35.5. The van der Waals surface area contributed by atoms with Crippen molar-refractivity contribution in [2.45, 2.75) is 6.92 Å². The van der Waals surface area contributed by atoms with Crippen LogP contribution in [0.4, 0.5) is 5.69 Å². The average Bonchev–Trinajstić information content (AvgIpc) is 2.28. The second kappa shape index (κ2) is 6.45. The molecule has 0 heterocycles. The molecule has 8 heteroatoms. The van der Waals surface area contributed by atoms with Crippen LogP contribution in [-0.2, 0) is 14.8 Å². The number of carbonyl (C=O) groups is 1. The molecule has 0 unspecified atom stereocenters. The van der Waals surface area contributed by atoms with Gasteiger partial charge in [0.15, 0.2) is 0 Å². The van der Waals surface area contributed by atoms with Crippen LogP contribution in [0.15, 0.2) is 18.2 Å². The summed E-state index contributed by atoms with van der Waals surface area (Å²) in [5.41, 5.74) is 0.183. The van der Waals surface area contributed by atoms with Crippen LogP contribution in [-0.4, -0.2) is 33.7 Å². The van der Waals surface area contributed by atoms with E-state index in [9.17, 15) is 13.2 Å². The summed E-state index contributed by atoms with van der Waals surface area (Å²) in [5, 5.41) is 3.08. The lowest BCUT2D eigenvalue weighted by Gasteiger charge is -2.22. The Morgan fingerprint density at radius 2 is 2.00 bits per heavy atom. The molecule has 1 aromatic rings. The van der Waals surface area contributed by atoms with Crippen LogP contribution in [0.3, 0.4) is 0 Å². The molecule has 5 nitrogen and oxygen atoms in total. The predicted molar refractivity (Wildman–Crippen MR) is 77.3 cm³/mol. The molecule has 1 rings (SSSR count). The number of likely N-dealkylation sites (N-methyl/N-ethyl adjacent to an activating group) is 1. The monoisotopic (exact) mass is 324 g/mol. The van der Waals surface area contributed by atoms with E-state index >= 15 is 0 Å². The maximum atomic E-state index is 11.8. The highest BCUT2D eigenvalue weighted by Gasteiger charge is 2.22. The van der Waals surface area contributed by atoms with Crippen molar-refractivity contribution < 1.29 is 13.2 Å². The van der Waals surface area contributed by atoms with Crippen LogP contribution < -0.4 is 9.62 Å². The molecule has 0 aromatic heterocycles. The van der Waals surface area contributed by atoms with Gasteiger partial charge in [0, 0.05) is 11.6 Å². The van der Waals surface area contributed by atoms with Crippen molar-refractivity contribution in [2.75, 3.05) is 23.7 Å². The van der Waals surface area contributed by atoms with Gasteiger partial charge in [-0.15, -0.1) is 0 Å². The van der Waals surface area contributed by atoms with Crippen molar-refractivity contribution >= 4 is 44.8 Å². The summed E-state index contributed by atoms with van der Waals surface area (Å²) in [5.74, 6) is -0.413. The molecule has 106 valence electrons. The number of benzene rings is 1. The van der Waals surface area contributed by atoms with Crippen molar-refractivity contribution in [1.29, 1.82) is 0 Å². The summed E-state index contributed by atoms with van der Waals surface area (Å²) in [6, 6.07) is 4.43. The lowest BCUT2D eigenvalue weighted by molar-refractivity contribution is -0.119. The van der Waals surface area contributed by atoms with Gasteiger partial charge < -0.3 is 5.32 Å². The number of halogens is 2. The van der Waals surface area contributed by atoms with E-state index in [2.05, 4.69) is 5.32 Å². The quantitative estimate of drug-likeness (QED) is 0.899. The van der Waals surface area contributed by atoms with E-state index in [4.69, 9.17) is 23.2 Å². The standard InChI is InChI=1S/C11H14Cl2N2O3S/c1-3-14-11(16)7-15(19(2,17)18)10-6-8(12)4-5-9(10)13/h4-6H,3,7H2,1-2H3,(H,14,16). The van der Waals surface area contributed by atoms with E-state index in [0.717, 1.165) is 10.6 Å². The Labute approximate surface area is 122 Å². The summed E-state index contributed by atoms with van der Waals surface area (Å²) in [6.45, 7) is 1.82. The fourth-order valence-electron chi connectivity index (χ4n) is 1.44. The summed E-state index contributed by atoms with van der Waals surface area (Å²) < 4.78 is 24.5. The highest BCUT2D eigenvalue weighted by Crippen LogP contribution is 2.30. The van der Waals surface area contributed by atoms with Crippen molar-refractivity contribution in [3.05, 3.63) is 28.2 Å². The van der Waals surface area contributed by atoms with Gasteiger partial charge in [0.25, 0.3) is 0 Å². The first-order valence-electron chi connectivity index (χ1n) is 5.45. The Morgan fingerprint density at radius 3 is 2.53 bits per heavy atom. The Morgan fingerprint density at radius 1 is 1.37 bits per heavy atom. The molecule has 0 aliphatic heterocycles. The zero-order valence-corrected chi connectivity index (χ0v) is 12.8. The number of sulfonamides is 1. The van der Waals surface area contributed by atoms with E-state index in [1.165, 1.54) is 12.1 Å². The van der Waals surface area contributed by atoms with Gasteiger partial charge in [0.05, 0.1) is 17.0 Å². The zero-order chi connectivity index (χ0) is 14.6. The molecule has 0 aliphatic carbocycles. The highest BCUT2D eigenvalue weighted by molar-refractivity contribution is 7.92. The smallest absolute Gasteiger partial charge is 0.240 e. The van der Waals surface area contributed by atoms with Gasteiger partial charge in [-0.25, -0.2) is 8.42 Å². The summed E-state index contributed by atoms with van der Waals surface area (Å²) >= 11 is 11.8.